The maximum Gasteiger partial charge on any atom is 0.237 e. The van der Waals surface area contributed by atoms with E-state index in [0.29, 0.717) is 0 Å². The molecule has 5 nitrogen and oxygen atoms in total. The number of piperazine rings is 1. The molecule has 1 N–H and O–H groups in total. The molecule has 0 unspecified atom stereocenters. The third kappa shape index (κ3) is 5.25. The van der Waals surface area contributed by atoms with Crippen LogP contribution < -0.4 is 15.0 Å². The zero-order valence-corrected chi connectivity index (χ0v) is 16.7. The van der Waals surface area contributed by atoms with Gasteiger partial charge in [0.05, 0.1) is 18.8 Å². The van der Waals surface area contributed by atoms with Gasteiger partial charge >= 0.3 is 0 Å². The second-order valence-corrected chi connectivity index (χ2v) is 7.52. The number of para-hydroxylation sites is 2. The number of anilines is 1. The Hall–Kier alpha value is -2.01. The third-order valence-electron chi connectivity index (χ3n) is 5.80. The lowest BCUT2D eigenvalue weighted by atomic mass is 9.97. The summed E-state index contributed by atoms with van der Waals surface area (Å²) in [5, 5.41) is 3.13. The summed E-state index contributed by atoms with van der Waals surface area (Å²) in [4.78, 5) is 17.2. The van der Waals surface area contributed by atoms with Crippen molar-refractivity contribution in [3.05, 3.63) is 35.9 Å². The Bertz CT molecular complexity index is 651. The van der Waals surface area contributed by atoms with Crippen LogP contribution in [-0.4, -0.2) is 56.7 Å². The van der Waals surface area contributed by atoms with Crippen LogP contribution in [0.4, 0.5) is 5.69 Å². The number of carbonyl (C=O) groups is 1. The van der Waals surface area contributed by atoms with Gasteiger partial charge in [-0.25, -0.2) is 0 Å². The summed E-state index contributed by atoms with van der Waals surface area (Å²) in [5.41, 5.74) is 2.65. The molecule has 2 aliphatic rings. The molecule has 0 radical (unpaired) electrons. The van der Waals surface area contributed by atoms with Crippen molar-refractivity contribution in [3.63, 3.8) is 0 Å². The molecule has 0 spiro atoms. The Labute approximate surface area is 163 Å². The minimum Gasteiger partial charge on any atom is -0.495 e. The van der Waals surface area contributed by atoms with Crippen molar-refractivity contribution in [3.8, 4) is 5.75 Å². The summed E-state index contributed by atoms with van der Waals surface area (Å²) in [6.45, 7) is 6.37. The molecule has 1 aromatic rings. The van der Waals surface area contributed by atoms with Crippen molar-refractivity contribution in [2.24, 2.45) is 0 Å². The smallest absolute Gasteiger partial charge is 0.237 e. The van der Waals surface area contributed by atoms with Gasteiger partial charge < -0.3 is 15.0 Å². The average molecular weight is 372 g/mol. The summed E-state index contributed by atoms with van der Waals surface area (Å²) in [6, 6.07) is 8.06. The van der Waals surface area contributed by atoms with Gasteiger partial charge in [0.2, 0.25) is 5.91 Å². The van der Waals surface area contributed by atoms with Crippen LogP contribution >= 0.6 is 0 Å². The second kappa shape index (κ2) is 9.79. The molecule has 5 heteroatoms. The van der Waals surface area contributed by atoms with E-state index in [9.17, 15) is 4.79 Å². The maximum absolute atomic E-state index is 12.5. The van der Waals surface area contributed by atoms with Gasteiger partial charge in [0, 0.05) is 32.7 Å². The fourth-order valence-corrected chi connectivity index (χ4v) is 4.03. The van der Waals surface area contributed by atoms with Gasteiger partial charge in [-0.2, -0.15) is 0 Å². The molecule has 0 saturated carbocycles. The van der Waals surface area contributed by atoms with Gasteiger partial charge in [-0.3, -0.25) is 9.69 Å². The van der Waals surface area contributed by atoms with Gasteiger partial charge in [-0.1, -0.05) is 23.8 Å². The van der Waals surface area contributed by atoms with Crippen molar-refractivity contribution in [2.45, 2.75) is 45.1 Å². The topological polar surface area (TPSA) is 44.8 Å². The first kappa shape index (κ1) is 19.7. The first-order chi connectivity index (χ1) is 13.2. The quantitative estimate of drug-likeness (QED) is 0.748. The standard InChI is InChI=1S/C22H33N3O2/c1-18(22(26)23-13-12-19-8-4-3-5-9-19)24-14-16-25(17-15-24)20-10-6-7-11-21(20)27-2/h6-8,10-11,18H,3-5,9,12-17H2,1-2H3,(H,23,26)/t18-/m0/s1. The van der Waals surface area contributed by atoms with Crippen LogP contribution in [-0.2, 0) is 4.79 Å². The van der Waals surface area contributed by atoms with E-state index in [-0.39, 0.29) is 11.9 Å². The molecule has 0 aromatic heterocycles. The number of hydrogen-bond acceptors (Lipinski definition) is 4. The van der Waals surface area contributed by atoms with Crippen LogP contribution in [0.5, 0.6) is 5.75 Å². The Balaban J connectivity index is 1.44. The zero-order chi connectivity index (χ0) is 19.1. The number of nitrogens with one attached hydrogen (secondary N) is 1. The van der Waals surface area contributed by atoms with Crippen molar-refractivity contribution in [2.75, 3.05) is 44.7 Å². The highest BCUT2D eigenvalue weighted by molar-refractivity contribution is 5.81. The van der Waals surface area contributed by atoms with Crippen LogP contribution in [0.25, 0.3) is 0 Å². The maximum atomic E-state index is 12.5. The van der Waals surface area contributed by atoms with E-state index in [1.807, 2.05) is 25.1 Å². The van der Waals surface area contributed by atoms with Gasteiger partial charge in [-0.15, -0.1) is 0 Å². The molecule has 1 atom stereocenters. The molecular formula is C22H33N3O2. The van der Waals surface area contributed by atoms with Gasteiger partial charge in [0.1, 0.15) is 5.75 Å². The summed E-state index contributed by atoms with van der Waals surface area (Å²) < 4.78 is 5.48. The van der Waals surface area contributed by atoms with E-state index in [0.717, 1.165) is 50.6 Å². The van der Waals surface area contributed by atoms with Crippen LogP contribution in [0.1, 0.15) is 39.0 Å². The normalized spacial score (nSPS) is 19.3. The lowest BCUT2D eigenvalue weighted by molar-refractivity contribution is -0.125. The average Bonchev–Trinajstić information content (AvgIpc) is 2.74. The summed E-state index contributed by atoms with van der Waals surface area (Å²) >= 11 is 0. The van der Waals surface area contributed by atoms with E-state index in [2.05, 4.69) is 27.3 Å². The number of methoxy groups -OCH3 is 1. The predicted octanol–water partition coefficient (Wildman–Crippen LogP) is 3.21. The fraction of sp³-hybridized carbons (Fsp3) is 0.591. The molecule has 0 bridgehead atoms. The Morgan fingerprint density at radius 2 is 1.96 bits per heavy atom. The lowest BCUT2D eigenvalue weighted by Crippen LogP contribution is -2.54. The van der Waals surface area contributed by atoms with Gasteiger partial charge in [0.25, 0.3) is 0 Å². The number of allylic oxidation sites excluding steroid dienone is 1. The predicted molar refractivity (Wildman–Crippen MR) is 110 cm³/mol. The van der Waals surface area contributed by atoms with Crippen molar-refractivity contribution in [1.82, 2.24) is 10.2 Å². The fourth-order valence-electron chi connectivity index (χ4n) is 4.03. The van der Waals surface area contributed by atoms with Crippen LogP contribution in [0.15, 0.2) is 35.9 Å². The molecule has 1 aliphatic carbocycles. The first-order valence-electron chi connectivity index (χ1n) is 10.3. The van der Waals surface area contributed by atoms with E-state index in [1.54, 1.807) is 7.11 Å². The van der Waals surface area contributed by atoms with Gasteiger partial charge in [-0.05, 0) is 51.2 Å². The monoisotopic (exact) mass is 371 g/mol. The number of ether oxygens (including phenoxy) is 1. The molecule has 1 aromatic carbocycles. The molecule has 148 valence electrons. The summed E-state index contributed by atoms with van der Waals surface area (Å²) in [7, 11) is 1.71. The SMILES string of the molecule is COc1ccccc1N1CCN([C@@H](C)C(=O)NCCC2=CCCCC2)CC1. The first-order valence-corrected chi connectivity index (χ1v) is 10.3. The highest BCUT2D eigenvalue weighted by Crippen LogP contribution is 2.28. The number of carbonyl (C=O) groups excluding carboxylic acids is 1. The summed E-state index contributed by atoms with van der Waals surface area (Å²) in [6.07, 6.45) is 8.38. The Morgan fingerprint density at radius 1 is 1.19 bits per heavy atom. The van der Waals surface area contributed by atoms with E-state index < -0.39 is 0 Å². The minimum atomic E-state index is -0.0786. The number of amides is 1. The highest BCUT2D eigenvalue weighted by atomic mass is 16.5. The van der Waals surface area contributed by atoms with Crippen LogP contribution in [0, 0.1) is 0 Å². The molecule has 3 rings (SSSR count). The largest absolute Gasteiger partial charge is 0.495 e. The molecule has 1 heterocycles. The minimum absolute atomic E-state index is 0.0786. The Morgan fingerprint density at radius 3 is 2.67 bits per heavy atom. The van der Waals surface area contributed by atoms with E-state index in [4.69, 9.17) is 4.74 Å². The van der Waals surface area contributed by atoms with Crippen LogP contribution in [0.2, 0.25) is 0 Å². The third-order valence-corrected chi connectivity index (χ3v) is 5.80. The van der Waals surface area contributed by atoms with Crippen molar-refractivity contribution >= 4 is 11.6 Å². The Kier molecular flexibility index (Phi) is 7.16. The summed E-state index contributed by atoms with van der Waals surface area (Å²) in [5.74, 6) is 1.06. The van der Waals surface area contributed by atoms with Crippen molar-refractivity contribution in [1.29, 1.82) is 0 Å². The molecule has 1 saturated heterocycles. The zero-order valence-electron chi connectivity index (χ0n) is 16.7. The van der Waals surface area contributed by atoms with E-state index in [1.165, 1.54) is 31.3 Å². The number of nitrogens with zero attached hydrogens (tertiary/aromatic N) is 2. The molecular weight excluding hydrogens is 338 g/mol. The molecule has 1 amide bonds. The second-order valence-electron chi connectivity index (χ2n) is 7.52. The number of hydrogen-bond donors (Lipinski definition) is 1. The molecule has 27 heavy (non-hydrogen) atoms. The lowest BCUT2D eigenvalue weighted by Gasteiger charge is -2.38. The molecule has 1 fully saturated rings. The number of benzene rings is 1. The van der Waals surface area contributed by atoms with E-state index >= 15 is 0 Å². The van der Waals surface area contributed by atoms with Crippen LogP contribution in [0.3, 0.4) is 0 Å². The molecule has 1 aliphatic heterocycles. The van der Waals surface area contributed by atoms with Gasteiger partial charge in [0.15, 0.2) is 0 Å². The number of rotatable bonds is 7. The van der Waals surface area contributed by atoms with Crippen molar-refractivity contribution < 1.29 is 9.53 Å². The highest BCUT2D eigenvalue weighted by Gasteiger charge is 2.26.